The van der Waals surface area contributed by atoms with Gasteiger partial charge in [0.1, 0.15) is 17.2 Å². The zero-order valence-electron chi connectivity index (χ0n) is 16.1. The van der Waals surface area contributed by atoms with Crippen LogP contribution in [0.4, 0.5) is 5.69 Å². The molecule has 28 heavy (non-hydrogen) atoms. The van der Waals surface area contributed by atoms with Gasteiger partial charge in [-0.1, -0.05) is 26.0 Å². The Balaban J connectivity index is 2.04. The van der Waals surface area contributed by atoms with E-state index in [2.05, 4.69) is 10.3 Å². The molecule has 3 rings (SSSR count). The van der Waals surface area contributed by atoms with Crippen molar-refractivity contribution in [3.8, 4) is 0 Å². The SMILES string of the molecule is Cc1cccc(NC(=O)Cn2c(C(C)C)nc3scc(C(=O)O)c3c2=O)c1C. The molecular formula is C20H21N3O4S. The molecule has 0 spiro atoms. The van der Waals surface area contributed by atoms with E-state index in [9.17, 15) is 19.5 Å². The summed E-state index contributed by atoms with van der Waals surface area (Å²) in [6.45, 7) is 7.37. The lowest BCUT2D eigenvalue weighted by Gasteiger charge is -2.16. The first-order chi connectivity index (χ1) is 13.2. The standard InChI is InChI=1S/C20H21N3O4S/c1-10(2)17-22-18-16(13(9-28-18)20(26)27)19(25)23(17)8-15(24)21-14-7-5-6-11(3)12(14)4/h5-7,9-10H,8H2,1-4H3,(H,21,24)(H,26,27). The Labute approximate surface area is 165 Å². The van der Waals surface area contributed by atoms with Gasteiger partial charge in [0.05, 0.1) is 10.9 Å². The van der Waals surface area contributed by atoms with E-state index in [-0.39, 0.29) is 29.3 Å². The van der Waals surface area contributed by atoms with Crippen molar-refractivity contribution in [1.82, 2.24) is 9.55 Å². The third-order valence-electron chi connectivity index (χ3n) is 4.65. The third-order valence-corrected chi connectivity index (χ3v) is 5.52. The minimum Gasteiger partial charge on any atom is -0.478 e. The Hall–Kier alpha value is -3.00. The van der Waals surface area contributed by atoms with E-state index in [1.807, 2.05) is 39.8 Å². The Bertz CT molecular complexity index is 1140. The average molecular weight is 399 g/mol. The molecular weight excluding hydrogens is 378 g/mol. The first-order valence-corrected chi connectivity index (χ1v) is 9.70. The summed E-state index contributed by atoms with van der Waals surface area (Å²) in [7, 11) is 0. The number of nitrogens with one attached hydrogen (secondary N) is 1. The van der Waals surface area contributed by atoms with Crippen LogP contribution in [-0.4, -0.2) is 26.5 Å². The Kier molecular flexibility index (Phi) is 5.33. The molecule has 146 valence electrons. The van der Waals surface area contributed by atoms with E-state index >= 15 is 0 Å². The lowest BCUT2D eigenvalue weighted by Crippen LogP contribution is -2.32. The van der Waals surface area contributed by atoms with Crippen molar-refractivity contribution < 1.29 is 14.7 Å². The van der Waals surface area contributed by atoms with Gasteiger partial charge in [0.2, 0.25) is 5.91 Å². The fourth-order valence-electron chi connectivity index (χ4n) is 3.01. The number of carbonyl (C=O) groups is 2. The number of aromatic carboxylic acids is 1. The molecule has 0 fully saturated rings. The fraction of sp³-hybridized carbons (Fsp3) is 0.300. The fourth-order valence-corrected chi connectivity index (χ4v) is 3.92. The quantitative estimate of drug-likeness (QED) is 0.683. The number of thiophene rings is 1. The van der Waals surface area contributed by atoms with Crippen LogP contribution < -0.4 is 10.9 Å². The maximum atomic E-state index is 13.0. The summed E-state index contributed by atoms with van der Waals surface area (Å²) in [5.41, 5.74) is 2.08. The van der Waals surface area contributed by atoms with Crippen molar-refractivity contribution in [2.75, 3.05) is 5.32 Å². The summed E-state index contributed by atoms with van der Waals surface area (Å²) in [5.74, 6) is -1.21. The zero-order valence-corrected chi connectivity index (χ0v) is 16.9. The molecule has 2 N–H and O–H groups in total. The second-order valence-corrected chi connectivity index (χ2v) is 7.80. The number of carboxylic acids is 1. The van der Waals surface area contributed by atoms with Crippen molar-refractivity contribution in [3.63, 3.8) is 0 Å². The van der Waals surface area contributed by atoms with E-state index < -0.39 is 11.5 Å². The summed E-state index contributed by atoms with van der Waals surface area (Å²) >= 11 is 1.12. The highest BCUT2D eigenvalue weighted by atomic mass is 32.1. The lowest BCUT2D eigenvalue weighted by atomic mass is 10.1. The first-order valence-electron chi connectivity index (χ1n) is 8.82. The van der Waals surface area contributed by atoms with Gasteiger partial charge in [-0.05, 0) is 31.0 Å². The van der Waals surface area contributed by atoms with Crippen LogP contribution in [0, 0.1) is 13.8 Å². The second-order valence-electron chi connectivity index (χ2n) is 6.95. The Morgan fingerprint density at radius 1 is 1.29 bits per heavy atom. The van der Waals surface area contributed by atoms with Crippen LogP contribution in [-0.2, 0) is 11.3 Å². The number of nitrogens with zero attached hydrogens (tertiary/aromatic N) is 2. The molecule has 3 aromatic rings. The zero-order chi connectivity index (χ0) is 20.6. The number of carbonyl (C=O) groups excluding carboxylic acids is 1. The van der Waals surface area contributed by atoms with Gasteiger partial charge in [-0.2, -0.15) is 0 Å². The molecule has 7 nitrogen and oxygen atoms in total. The lowest BCUT2D eigenvalue weighted by molar-refractivity contribution is -0.116. The second kappa shape index (κ2) is 7.55. The smallest absolute Gasteiger partial charge is 0.337 e. The monoisotopic (exact) mass is 399 g/mol. The van der Waals surface area contributed by atoms with E-state index in [0.29, 0.717) is 16.3 Å². The minimum atomic E-state index is -1.19. The predicted octanol–water partition coefficient (Wildman–Crippen LogP) is 3.54. The number of benzene rings is 1. The van der Waals surface area contributed by atoms with Gasteiger partial charge >= 0.3 is 5.97 Å². The summed E-state index contributed by atoms with van der Waals surface area (Å²) in [4.78, 5) is 42.0. The molecule has 0 bridgehead atoms. The van der Waals surface area contributed by atoms with Gasteiger partial charge in [0.15, 0.2) is 0 Å². The average Bonchev–Trinajstić information content (AvgIpc) is 3.05. The largest absolute Gasteiger partial charge is 0.478 e. The highest BCUT2D eigenvalue weighted by Gasteiger charge is 2.22. The van der Waals surface area contributed by atoms with Crippen LogP contribution in [0.3, 0.4) is 0 Å². The molecule has 8 heteroatoms. The summed E-state index contributed by atoms with van der Waals surface area (Å²) < 4.78 is 1.27. The Morgan fingerprint density at radius 3 is 2.64 bits per heavy atom. The normalized spacial score (nSPS) is 11.2. The number of anilines is 1. The van der Waals surface area contributed by atoms with Crippen molar-refractivity contribution >= 4 is 39.1 Å². The van der Waals surface area contributed by atoms with Crippen LogP contribution in [0.1, 0.15) is 47.1 Å². The number of amides is 1. The highest BCUT2D eigenvalue weighted by molar-refractivity contribution is 7.17. The number of aryl methyl sites for hydroxylation is 1. The number of hydrogen-bond donors (Lipinski definition) is 2. The molecule has 1 amide bonds. The summed E-state index contributed by atoms with van der Waals surface area (Å²) in [6, 6.07) is 5.60. The number of rotatable bonds is 5. The summed E-state index contributed by atoms with van der Waals surface area (Å²) in [6.07, 6.45) is 0. The predicted molar refractivity (Wildman–Crippen MR) is 109 cm³/mol. The van der Waals surface area contributed by atoms with Crippen LogP contribution in [0.25, 0.3) is 10.2 Å². The number of hydrogen-bond acceptors (Lipinski definition) is 5. The van der Waals surface area contributed by atoms with E-state index in [1.54, 1.807) is 6.07 Å². The molecule has 0 saturated heterocycles. The van der Waals surface area contributed by atoms with Crippen molar-refractivity contribution in [2.45, 2.75) is 40.2 Å². The Morgan fingerprint density at radius 2 is 2.00 bits per heavy atom. The van der Waals surface area contributed by atoms with Crippen molar-refractivity contribution in [1.29, 1.82) is 0 Å². The van der Waals surface area contributed by atoms with E-state index in [0.717, 1.165) is 22.5 Å². The molecule has 0 aliphatic carbocycles. The first kappa shape index (κ1) is 19.8. The van der Waals surface area contributed by atoms with Gasteiger partial charge in [0, 0.05) is 17.0 Å². The number of fused-ring (bicyclic) bond motifs is 1. The topological polar surface area (TPSA) is 101 Å². The molecule has 2 heterocycles. The molecule has 0 saturated carbocycles. The van der Waals surface area contributed by atoms with Crippen LogP contribution in [0.2, 0.25) is 0 Å². The molecule has 0 radical (unpaired) electrons. The molecule has 2 aromatic heterocycles. The van der Waals surface area contributed by atoms with Gasteiger partial charge < -0.3 is 10.4 Å². The molecule has 1 aromatic carbocycles. The maximum Gasteiger partial charge on any atom is 0.337 e. The van der Waals surface area contributed by atoms with Gasteiger partial charge in [-0.15, -0.1) is 11.3 Å². The van der Waals surface area contributed by atoms with Crippen LogP contribution >= 0.6 is 11.3 Å². The van der Waals surface area contributed by atoms with E-state index in [4.69, 9.17) is 0 Å². The maximum absolute atomic E-state index is 13.0. The number of aromatic nitrogens is 2. The van der Waals surface area contributed by atoms with Crippen molar-refractivity contribution in [2.24, 2.45) is 0 Å². The van der Waals surface area contributed by atoms with Gasteiger partial charge in [0.25, 0.3) is 5.56 Å². The van der Waals surface area contributed by atoms with Crippen molar-refractivity contribution in [3.05, 3.63) is 56.4 Å². The third kappa shape index (κ3) is 3.55. The number of carboxylic acid groups (broad SMARTS) is 1. The highest BCUT2D eigenvalue weighted by Crippen LogP contribution is 2.24. The molecule has 0 aliphatic heterocycles. The van der Waals surface area contributed by atoms with Crippen LogP contribution in [0.5, 0.6) is 0 Å². The molecule has 0 atom stereocenters. The minimum absolute atomic E-state index is 0.0430. The van der Waals surface area contributed by atoms with Crippen LogP contribution in [0.15, 0.2) is 28.4 Å². The summed E-state index contributed by atoms with van der Waals surface area (Å²) in [5, 5.41) is 13.6. The van der Waals surface area contributed by atoms with Gasteiger partial charge in [-0.3, -0.25) is 14.2 Å². The molecule has 0 unspecified atom stereocenters. The van der Waals surface area contributed by atoms with E-state index in [1.165, 1.54) is 9.95 Å². The van der Waals surface area contributed by atoms with Gasteiger partial charge in [-0.25, -0.2) is 9.78 Å². The molecule has 0 aliphatic rings.